The zero-order valence-corrected chi connectivity index (χ0v) is 24.9. The standard InChI is InChI=1S/C28H38N4O5S2/c1-5-36-25(33)22-18-9-8-10-20(18)38-23(22)30-26(34)29-15-19-17-11-14-32(27(35)37-28(2,3)4)16-21(17)39-24(19)31-12-6-7-13-31/h5-16H2,1-4H3,(H2,29,30,34). The summed E-state index contributed by atoms with van der Waals surface area (Å²) in [5.74, 6) is -0.370. The number of rotatable bonds is 6. The average Bonchev–Trinajstić information content (AvgIpc) is 3.64. The molecule has 2 N–H and O–H groups in total. The third kappa shape index (κ3) is 6.04. The molecule has 11 heteroatoms. The minimum atomic E-state index is -0.536. The topological polar surface area (TPSA) is 100 Å². The van der Waals surface area contributed by atoms with E-state index < -0.39 is 5.60 Å². The fourth-order valence-corrected chi connectivity index (χ4v) is 8.23. The van der Waals surface area contributed by atoms with Crippen molar-refractivity contribution in [3.05, 3.63) is 32.0 Å². The van der Waals surface area contributed by atoms with Gasteiger partial charge in [-0.2, -0.15) is 0 Å². The van der Waals surface area contributed by atoms with E-state index in [4.69, 9.17) is 9.47 Å². The summed E-state index contributed by atoms with van der Waals surface area (Å²) in [4.78, 5) is 45.0. The molecule has 1 fully saturated rings. The first-order valence-electron chi connectivity index (χ1n) is 13.9. The predicted octanol–water partition coefficient (Wildman–Crippen LogP) is 5.69. The number of esters is 1. The first-order valence-corrected chi connectivity index (χ1v) is 15.5. The molecular weight excluding hydrogens is 536 g/mol. The first-order chi connectivity index (χ1) is 18.6. The highest BCUT2D eigenvalue weighted by molar-refractivity contribution is 7.17. The minimum Gasteiger partial charge on any atom is -0.462 e. The zero-order valence-electron chi connectivity index (χ0n) is 23.2. The van der Waals surface area contributed by atoms with Gasteiger partial charge in [-0.15, -0.1) is 22.7 Å². The molecule has 0 bridgehead atoms. The summed E-state index contributed by atoms with van der Waals surface area (Å²) in [6.07, 6.45) is 5.53. The van der Waals surface area contributed by atoms with Crippen LogP contribution >= 0.6 is 22.7 Å². The highest BCUT2D eigenvalue weighted by Crippen LogP contribution is 2.42. The van der Waals surface area contributed by atoms with Crippen molar-refractivity contribution in [1.29, 1.82) is 0 Å². The second-order valence-electron chi connectivity index (χ2n) is 11.2. The Labute approximate surface area is 237 Å². The summed E-state index contributed by atoms with van der Waals surface area (Å²) in [6.45, 7) is 11.2. The summed E-state index contributed by atoms with van der Waals surface area (Å²) in [7, 11) is 0. The molecule has 3 aliphatic rings. The molecule has 0 aromatic carbocycles. The smallest absolute Gasteiger partial charge is 0.410 e. The molecule has 2 aliphatic heterocycles. The second-order valence-corrected chi connectivity index (χ2v) is 13.4. The van der Waals surface area contributed by atoms with Gasteiger partial charge in [-0.3, -0.25) is 5.32 Å². The Morgan fingerprint density at radius 3 is 2.44 bits per heavy atom. The Bertz CT molecular complexity index is 1260. The van der Waals surface area contributed by atoms with Gasteiger partial charge >= 0.3 is 18.1 Å². The van der Waals surface area contributed by atoms with E-state index in [2.05, 4.69) is 15.5 Å². The number of fused-ring (bicyclic) bond motifs is 2. The lowest BCUT2D eigenvalue weighted by atomic mass is 10.0. The highest BCUT2D eigenvalue weighted by Gasteiger charge is 2.32. The number of anilines is 2. The fraction of sp³-hybridized carbons (Fsp3) is 0.607. The van der Waals surface area contributed by atoms with Crippen LogP contribution in [0.2, 0.25) is 0 Å². The van der Waals surface area contributed by atoms with Crippen LogP contribution < -0.4 is 15.5 Å². The van der Waals surface area contributed by atoms with Crippen LogP contribution in [-0.2, 0) is 41.8 Å². The van der Waals surface area contributed by atoms with Crippen molar-refractivity contribution in [2.75, 3.05) is 36.5 Å². The molecule has 1 saturated heterocycles. The number of ether oxygens (including phenoxy) is 2. The van der Waals surface area contributed by atoms with Crippen LogP contribution in [0.4, 0.5) is 19.6 Å². The van der Waals surface area contributed by atoms with Crippen LogP contribution in [0.3, 0.4) is 0 Å². The average molecular weight is 575 g/mol. The lowest BCUT2D eigenvalue weighted by Crippen LogP contribution is -2.39. The van der Waals surface area contributed by atoms with Gasteiger partial charge in [-0.25, -0.2) is 14.4 Å². The summed E-state index contributed by atoms with van der Waals surface area (Å²) in [5.41, 5.74) is 3.36. The van der Waals surface area contributed by atoms with E-state index in [1.54, 1.807) is 23.2 Å². The lowest BCUT2D eigenvalue weighted by molar-refractivity contribution is 0.0226. The van der Waals surface area contributed by atoms with E-state index >= 15 is 0 Å². The maximum Gasteiger partial charge on any atom is 0.410 e. The Kier molecular flexibility index (Phi) is 8.09. The molecular formula is C28H38N4O5S2. The molecule has 2 aromatic heterocycles. The van der Waals surface area contributed by atoms with Crippen molar-refractivity contribution < 1.29 is 23.9 Å². The van der Waals surface area contributed by atoms with E-state index in [1.807, 2.05) is 20.8 Å². The van der Waals surface area contributed by atoms with Gasteiger partial charge in [-0.05, 0) is 77.3 Å². The maximum atomic E-state index is 13.1. The molecule has 0 radical (unpaired) electrons. The quantitative estimate of drug-likeness (QED) is 0.430. The van der Waals surface area contributed by atoms with Crippen LogP contribution in [0.15, 0.2) is 0 Å². The third-order valence-electron chi connectivity index (χ3n) is 7.24. The number of aryl methyl sites for hydroxylation is 1. The third-order valence-corrected chi connectivity index (χ3v) is 9.77. The Balaban J connectivity index is 1.32. The predicted molar refractivity (Wildman–Crippen MR) is 154 cm³/mol. The van der Waals surface area contributed by atoms with Gasteiger partial charge in [-0.1, -0.05) is 0 Å². The maximum absolute atomic E-state index is 13.1. The molecule has 0 atom stereocenters. The van der Waals surface area contributed by atoms with Crippen LogP contribution in [0.1, 0.15) is 83.8 Å². The van der Waals surface area contributed by atoms with Gasteiger partial charge in [0.1, 0.15) is 10.6 Å². The number of amides is 3. The van der Waals surface area contributed by atoms with Gasteiger partial charge in [0, 0.05) is 41.5 Å². The summed E-state index contributed by atoms with van der Waals surface area (Å²) in [5, 5.41) is 7.75. The summed E-state index contributed by atoms with van der Waals surface area (Å²) < 4.78 is 10.9. The Morgan fingerprint density at radius 2 is 1.72 bits per heavy atom. The van der Waals surface area contributed by atoms with Crippen molar-refractivity contribution in [3.63, 3.8) is 0 Å². The normalized spacial score (nSPS) is 16.6. The van der Waals surface area contributed by atoms with Gasteiger partial charge < -0.3 is 24.6 Å². The summed E-state index contributed by atoms with van der Waals surface area (Å²) in [6, 6.07) is -0.334. The Hall–Kier alpha value is -2.79. The molecule has 0 unspecified atom stereocenters. The van der Waals surface area contributed by atoms with Crippen molar-refractivity contribution in [1.82, 2.24) is 10.2 Å². The highest BCUT2D eigenvalue weighted by atomic mass is 32.1. The van der Waals surface area contributed by atoms with E-state index in [-0.39, 0.29) is 18.1 Å². The van der Waals surface area contributed by atoms with Crippen molar-refractivity contribution in [3.8, 4) is 0 Å². The van der Waals surface area contributed by atoms with Gasteiger partial charge in [0.25, 0.3) is 0 Å². The molecule has 1 aliphatic carbocycles. The number of hydrogen-bond acceptors (Lipinski definition) is 8. The molecule has 2 aromatic rings. The number of thiophene rings is 2. The second kappa shape index (κ2) is 11.4. The summed E-state index contributed by atoms with van der Waals surface area (Å²) >= 11 is 3.21. The largest absolute Gasteiger partial charge is 0.462 e. The minimum absolute atomic E-state index is 0.288. The molecule has 9 nitrogen and oxygen atoms in total. The number of hydrogen-bond donors (Lipinski definition) is 2. The SMILES string of the molecule is CCOC(=O)c1c(NC(=O)NCc2c(N3CCCC3)sc3c2CCN(C(=O)OC(C)(C)C)C3)sc2c1CCC2. The number of nitrogens with one attached hydrogen (secondary N) is 2. The molecule has 0 spiro atoms. The van der Waals surface area contributed by atoms with Crippen molar-refractivity contribution >= 4 is 50.8 Å². The van der Waals surface area contributed by atoms with Crippen LogP contribution in [-0.4, -0.2) is 54.8 Å². The molecule has 39 heavy (non-hydrogen) atoms. The first kappa shape index (κ1) is 27.8. The van der Waals surface area contributed by atoms with Crippen LogP contribution in [0.25, 0.3) is 0 Å². The Morgan fingerprint density at radius 1 is 0.949 bits per heavy atom. The van der Waals surface area contributed by atoms with E-state index in [0.29, 0.717) is 36.8 Å². The monoisotopic (exact) mass is 574 g/mol. The van der Waals surface area contributed by atoms with Crippen LogP contribution in [0, 0.1) is 0 Å². The molecule has 5 rings (SSSR count). The van der Waals surface area contributed by atoms with E-state index in [9.17, 15) is 14.4 Å². The number of carbonyl (C=O) groups is 3. The van der Waals surface area contributed by atoms with Gasteiger partial charge in [0.15, 0.2) is 0 Å². The van der Waals surface area contributed by atoms with Crippen LogP contribution in [0.5, 0.6) is 0 Å². The fourth-order valence-electron chi connectivity index (χ4n) is 5.52. The van der Waals surface area contributed by atoms with Gasteiger partial charge in [0.05, 0.1) is 23.7 Å². The molecule has 4 heterocycles. The number of urea groups is 1. The molecule has 212 valence electrons. The number of nitrogens with zero attached hydrogens (tertiary/aromatic N) is 2. The van der Waals surface area contributed by atoms with Crippen molar-refractivity contribution in [2.45, 2.75) is 84.9 Å². The lowest BCUT2D eigenvalue weighted by Gasteiger charge is -2.30. The van der Waals surface area contributed by atoms with E-state index in [1.165, 1.54) is 21.9 Å². The molecule has 0 saturated carbocycles. The van der Waals surface area contributed by atoms with Crippen molar-refractivity contribution in [2.24, 2.45) is 0 Å². The zero-order chi connectivity index (χ0) is 27.7. The molecule has 3 amide bonds. The van der Waals surface area contributed by atoms with E-state index in [0.717, 1.165) is 72.5 Å². The number of carbonyl (C=O) groups excluding carboxylic acids is 3. The van der Waals surface area contributed by atoms with Gasteiger partial charge in [0.2, 0.25) is 0 Å².